The second-order valence-corrected chi connectivity index (χ2v) is 4.76. The first kappa shape index (κ1) is 15.8. The lowest BCUT2D eigenvalue weighted by atomic mass is 10.1. The Labute approximate surface area is 120 Å². The summed E-state index contributed by atoms with van der Waals surface area (Å²) < 4.78 is 0. The van der Waals surface area contributed by atoms with Crippen molar-refractivity contribution in [3.05, 3.63) is 22.7 Å². The quantitative estimate of drug-likeness (QED) is 0.370. The van der Waals surface area contributed by atoms with Gasteiger partial charge in [-0.15, -0.1) is 11.3 Å². The highest BCUT2D eigenvalue weighted by molar-refractivity contribution is 7.10. The first-order valence-electron chi connectivity index (χ1n) is 5.97. The Kier molecular flexibility index (Phi) is 6.97. The Bertz CT molecular complexity index is 492. The second-order valence-electron chi connectivity index (χ2n) is 3.83. The van der Waals surface area contributed by atoms with Crippen molar-refractivity contribution in [3.63, 3.8) is 0 Å². The van der Waals surface area contributed by atoms with E-state index in [4.69, 9.17) is 16.6 Å². The Morgan fingerprint density at radius 3 is 2.95 bits per heavy atom. The topological polar surface area (TPSA) is 127 Å². The van der Waals surface area contributed by atoms with Crippen molar-refractivity contribution in [1.29, 1.82) is 0 Å². The number of nitrogens with zero attached hydrogens (tertiary/aromatic N) is 3. The number of aliphatic imine (C=N–C) groups is 2. The molecule has 1 heterocycles. The third kappa shape index (κ3) is 6.64. The van der Waals surface area contributed by atoms with E-state index < -0.39 is 12.0 Å². The summed E-state index contributed by atoms with van der Waals surface area (Å²) in [5.74, 6) is -0.958. The van der Waals surface area contributed by atoms with Crippen molar-refractivity contribution in [2.45, 2.75) is 18.9 Å². The van der Waals surface area contributed by atoms with Crippen molar-refractivity contribution in [3.8, 4) is 0 Å². The number of hydrogen-bond acceptors (Lipinski definition) is 5. The van der Waals surface area contributed by atoms with Crippen LogP contribution in [0.3, 0.4) is 0 Å². The Morgan fingerprint density at radius 2 is 2.35 bits per heavy atom. The number of nitrogens with two attached hydrogens (primary N) is 2. The van der Waals surface area contributed by atoms with Crippen molar-refractivity contribution < 1.29 is 9.90 Å². The third-order valence-electron chi connectivity index (χ3n) is 2.26. The number of thiazole rings is 1. The molecular formula is C12H17N5O2S. The van der Waals surface area contributed by atoms with Crippen LogP contribution in [0.15, 0.2) is 27.6 Å². The van der Waals surface area contributed by atoms with Crippen LogP contribution in [-0.4, -0.2) is 40.8 Å². The number of carbonyl (C=O) groups is 1. The number of guanidine groups is 1. The Hall–Kier alpha value is -2.22. The van der Waals surface area contributed by atoms with Crippen LogP contribution in [0.1, 0.15) is 17.8 Å². The predicted molar refractivity (Wildman–Crippen MR) is 81.0 cm³/mol. The van der Waals surface area contributed by atoms with Gasteiger partial charge in [-0.05, 0) is 25.0 Å². The lowest BCUT2D eigenvalue weighted by Gasteiger charge is -2.05. The number of aromatic nitrogens is 1. The predicted octanol–water partition coefficient (Wildman–Crippen LogP) is 0.734. The highest BCUT2D eigenvalue weighted by Crippen LogP contribution is 2.06. The van der Waals surface area contributed by atoms with Crippen LogP contribution in [0.4, 0.5) is 0 Å². The summed E-state index contributed by atoms with van der Waals surface area (Å²) in [6, 6.07) is -0.787. The molecule has 0 fully saturated rings. The van der Waals surface area contributed by atoms with Crippen LogP contribution in [0.2, 0.25) is 0 Å². The van der Waals surface area contributed by atoms with Gasteiger partial charge in [0.2, 0.25) is 0 Å². The first-order valence-corrected chi connectivity index (χ1v) is 6.85. The molecular weight excluding hydrogens is 278 g/mol. The molecule has 0 radical (unpaired) electrons. The number of hydrogen-bond donors (Lipinski definition) is 3. The van der Waals surface area contributed by atoms with E-state index in [1.807, 2.05) is 5.38 Å². The molecule has 0 aromatic carbocycles. The van der Waals surface area contributed by atoms with E-state index in [0.717, 1.165) is 5.01 Å². The number of carboxylic acid groups (broad SMARTS) is 1. The van der Waals surface area contributed by atoms with Gasteiger partial charge in [-0.3, -0.25) is 9.98 Å². The van der Waals surface area contributed by atoms with Crippen molar-refractivity contribution in [1.82, 2.24) is 4.98 Å². The van der Waals surface area contributed by atoms with Crippen molar-refractivity contribution >= 4 is 35.6 Å². The van der Waals surface area contributed by atoms with Crippen LogP contribution in [0, 0.1) is 0 Å². The molecule has 5 N–H and O–H groups in total. The molecule has 0 bridgehead atoms. The van der Waals surface area contributed by atoms with Gasteiger partial charge in [0.1, 0.15) is 11.0 Å². The van der Waals surface area contributed by atoms with Gasteiger partial charge < -0.3 is 16.6 Å². The summed E-state index contributed by atoms with van der Waals surface area (Å²) in [6.07, 6.45) is 7.55. The molecule has 1 rings (SSSR count). The molecule has 0 saturated carbocycles. The van der Waals surface area contributed by atoms with E-state index in [2.05, 4.69) is 15.0 Å². The molecule has 108 valence electrons. The van der Waals surface area contributed by atoms with Crippen molar-refractivity contribution in [2.24, 2.45) is 21.5 Å². The van der Waals surface area contributed by atoms with Crippen molar-refractivity contribution in [2.75, 3.05) is 6.54 Å². The molecule has 0 aliphatic rings. The molecule has 0 aliphatic heterocycles. The van der Waals surface area contributed by atoms with Gasteiger partial charge in [0.05, 0.1) is 0 Å². The first-order chi connectivity index (χ1) is 9.59. The van der Waals surface area contributed by atoms with E-state index in [9.17, 15) is 4.79 Å². The summed E-state index contributed by atoms with van der Waals surface area (Å²) >= 11 is 1.49. The second kappa shape index (κ2) is 8.81. The molecule has 0 amide bonds. The average Bonchev–Trinajstić information content (AvgIpc) is 2.89. The summed E-state index contributed by atoms with van der Waals surface area (Å²) in [7, 11) is 0. The SMILES string of the molecule is NC(N)=NCCC[C@H](N=C/C=C/c1nccs1)C(=O)O. The maximum Gasteiger partial charge on any atom is 0.328 e. The van der Waals surface area contributed by atoms with Crippen LogP contribution >= 0.6 is 11.3 Å². The molecule has 0 aliphatic carbocycles. The fourth-order valence-corrected chi connectivity index (χ4v) is 1.89. The number of rotatable bonds is 8. The van der Waals surface area contributed by atoms with Crippen LogP contribution < -0.4 is 11.5 Å². The molecule has 1 atom stereocenters. The molecule has 1 aromatic heterocycles. The monoisotopic (exact) mass is 295 g/mol. The van der Waals surface area contributed by atoms with E-state index in [-0.39, 0.29) is 5.96 Å². The van der Waals surface area contributed by atoms with Gasteiger partial charge in [-0.2, -0.15) is 0 Å². The van der Waals surface area contributed by atoms with E-state index in [1.165, 1.54) is 17.6 Å². The minimum atomic E-state index is -0.964. The van der Waals surface area contributed by atoms with Gasteiger partial charge in [0.25, 0.3) is 0 Å². The molecule has 8 heteroatoms. The molecule has 0 saturated heterocycles. The normalized spacial score (nSPS) is 12.8. The van der Waals surface area contributed by atoms with E-state index >= 15 is 0 Å². The molecule has 0 unspecified atom stereocenters. The number of allylic oxidation sites excluding steroid dienone is 1. The maximum atomic E-state index is 11.0. The molecule has 20 heavy (non-hydrogen) atoms. The van der Waals surface area contributed by atoms with Crippen LogP contribution in [-0.2, 0) is 4.79 Å². The third-order valence-corrected chi connectivity index (χ3v) is 3.00. The summed E-state index contributed by atoms with van der Waals surface area (Å²) in [5.41, 5.74) is 10.4. The minimum absolute atomic E-state index is 0.00626. The van der Waals surface area contributed by atoms with Gasteiger partial charge in [-0.1, -0.05) is 0 Å². The zero-order valence-electron chi connectivity index (χ0n) is 10.8. The Balaban J connectivity index is 2.42. The smallest absolute Gasteiger partial charge is 0.328 e. The van der Waals surface area contributed by atoms with E-state index in [1.54, 1.807) is 18.3 Å². The van der Waals surface area contributed by atoms with Crippen LogP contribution in [0.5, 0.6) is 0 Å². The average molecular weight is 295 g/mol. The molecule has 7 nitrogen and oxygen atoms in total. The van der Waals surface area contributed by atoms with Crippen LogP contribution in [0.25, 0.3) is 6.08 Å². The van der Waals surface area contributed by atoms with Gasteiger partial charge in [0, 0.05) is 24.3 Å². The highest BCUT2D eigenvalue weighted by Gasteiger charge is 2.13. The zero-order chi connectivity index (χ0) is 14.8. The largest absolute Gasteiger partial charge is 0.480 e. The van der Waals surface area contributed by atoms with E-state index in [0.29, 0.717) is 19.4 Å². The maximum absolute atomic E-state index is 11.0. The lowest BCUT2D eigenvalue weighted by molar-refractivity contribution is -0.138. The highest BCUT2D eigenvalue weighted by atomic mass is 32.1. The number of aliphatic carboxylic acids is 1. The van der Waals surface area contributed by atoms with Gasteiger partial charge in [-0.25, -0.2) is 9.78 Å². The number of carboxylic acids is 1. The standard InChI is InChI=1S/C12H17N5O2S/c13-12(14)17-6-1-3-9(11(18)19)15-5-2-4-10-16-7-8-20-10/h2,4-5,7-9H,1,3,6H2,(H,18,19)(H4,13,14,17)/b4-2+,15-5?/t9-/m0/s1. The Morgan fingerprint density at radius 1 is 1.55 bits per heavy atom. The fourth-order valence-electron chi connectivity index (χ4n) is 1.35. The molecule has 0 spiro atoms. The van der Waals surface area contributed by atoms with Gasteiger partial charge >= 0.3 is 5.97 Å². The fraction of sp³-hybridized carbons (Fsp3) is 0.333. The summed E-state index contributed by atoms with van der Waals surface area (Å²) in [6.45, 7) is 0.399. The van der Waals surface area contributed by atoms with Gasteiger partial charge in [0.15, 0.2) is 5.96 Å². The molecule has 1 aromatic rings. The summed E-state index contributed by atoms with van der Waals surface area (Å²) in [4.78, 5) is 22.9. The zero-order valence-corrected chi connectivity index (χ0v) is 11.7. The lowest BCUT2D eigenvalue weighted by Crippen LogP contribution is -2.23. The minimum Gasteiger partial charge on any atom is -0.480 e. The summed E-state index contributed by atoms with van der Waals surface area (Å²) in [5, 5.41) is 11.7.